The molecule has 0 saturated carbocycles. The Bertz CT molecular complexity index is 776. The van der Waals surface area contributed by atoms with Gasteiger partial charge in [-0.2, -0.15) is 13.2 Å². The van der Waals surface area contributed by atoms with Crippen LogP contribution in [0.1, 0.15) is 30.5 Å². The van der Waals surface area contributed by atoms with Gasteiger partial charge in [-0.3, -0.25) is 4.99 Å². The first-order valence-electron chi connectivity index (χ1n) is 7.34. The number of aliphatic imine (C=N–C) groups is 1. The smallest absolute Gasteiger partial charge is 0.416 e. The Morgan fingerprint density at radius 3 is 2.35 bits per heavy atom. The van der Waals surface area contributed by atoms with Crippen LogP contribution in [0, 0.1) is 0 Å². The monoisotopic (exact) mass is 319 g/mol. The van der Waals surface area contributed by atoms with Crippen LogP contribution in [0.4, 0.5) is 13.2 Å². The lowest BCUT2D eigenvalue weighted by Crippen LogP contribution is -2.17. The largest absolute Gasteiger partial charge is 0.507 e. The lowest BCUT2D eigenvalue weighted by atomic mass is 9.87. The van der Waals surface area contributed by atoms with Gasteiger partial charge in [-0.25, -0.2) is 0 Å². The lowest BCUT2D eigenvalue weighted by Gasteiger charge is -2.23. The highest BCUT2D eigenvalue weighted by molar-refractivity contribution is 6.04. The number of rotatable bonds is 1. The summed E-state index contributed by atoms with van der Waals surface area (Å²) in [5.74, 6) is 0.156. The first kappa shape index (κ1) is 15.6. The topological polar surface area (TPSA) is 32.6 Å². The highest BCUT2D eigenvalue weighted by Gasteiger charge is 2.30. The van der Waals surface area contributed by atoms with Crippen molar-refractivity contribution in [3.63, 3.8) is 0 Å². The van der Waals surface area contributed by atoms with Crippen LogP contribution in [-0.4, -0.2) is 16.9 Å². The molecule has 5 heteroatoms. The minimum Gasteiger partial charge on any atom is -0.507 e. The number of hydrogen-bond acceptors (Lipinski definition) is 2. The maximum Gasteiger partial charge on any atom is 0.416 e. The highest BCUT2D eigenvalue weighted by atomic mass is 19.4. The van der Waals surface area contributed by atoms with E-state index in [2.05, 4.69) is 4.99 Å². The van der Waals surface area contributed by atoms with Crippen LogP contribution in [0.15, 0.2) is 41.4 Å². The van der Waals surface area contributed by atoms with Gasteiger partial charge >= 0.3 is 6.18 Å². The standard InChI is InChI=1S/C18H16F3NO/c1-10-9-15-14(7-8-16(23)17(15)11(2)22-10)12-3-5-13(6-4-12)18(19,20)21/h3-8,10,23H,9H2,1-2H3/t10-/m1/s1. The molecule has 0 bridgehead atoms. The first-order valence-corrected chi connectivity index (χ1v) is 7.34. The Morgan fingerprint density at radius 2 is 1.74 bits per heavy atom. The number of phenols is 1. The molecule has 0 saturated heterocycles. The minimum absolute atomic E-state index is 0.0810. The van der Waals surface area contributed by atoms with Gasteiger partial charge < -0.3 is 5.11 Å². The summed E-state index contributed by atoms with van der Waals surface area (Å²) in [7, 11) is 0. The van der Waals surface area contributed by atoms with Crippen LogP contribution < -0.4 is 0 Å². The molecule has 0 spiro atoms. The summed E-state index contributed by atoms with van der Waals surface area (Å²) >= 11 is 0. The zero-order chi connectivity index (χ0) is 16.8. The highest BCUT2D eigenvalue weighted by Crippen LogP contribution is 2.37. The zero-order valence-electron chi connectivity index (χ0n) is 12.8. The van der Waals surface area contributed by atoms with Gasteiger partial charge in [-0.1, -0.05) is 18.2 Å². The second kappa shape index (κ2) is 5.41. The lowest BCUT2D eigenvalue weighted by molar-refractivity contribution is -0.137. The first-order chi connectivity index (χ1) is 10.8. The van der Waals surface area contributed by atoms with E-state index in [1.165, 1.54) is 12.1 Å². The molecular formula is C18H16F3NO. The normalized spacial score (nSPS) is 17.6. The van der Waals surface area contributed by atoms with Gasteiger partial charge in [0.15, 0.2) is 0 Å². The molecule has 0 radical (unpaired) electrons. The summed E-state index contributed by atoms with van der Waals surface area (Å²) < 4.78 is 38.1. The number of benzene rings is 2. The van der Waals surface area contributed by atoms with Crippen molar-refractivity contribution in [2.45, 2.75) is 32.5 Å². The third-order valence-corrected chi connectivity index (χ3v) is 4.09. The van der Waals surface area contributed by atoms with Gasteiger partial charge in [0.25, 0.3) is 0 Å². The molecule has 23 heavy (non-hydrogen) atoms. The van der Waals surface area contributed by atoms with E-state index in [4.69, 9.17) is 0 Å². The molecule has 2 nitrogen and oxygen atoms in total. The van der Waals surface area contributed by atoms with Crippen molar-refractivity contribution in [2.75, 3.05) is 0 Å². The number of alkyl halides is 3. The van der Waals surface area contributed by atoms with Crippen LogP contribution in [0.2, 0.25) is 0 Å². The Labute approximate surface area is 132 Å². The van der Waals surface area contributed by atoms with Crippen molar-refractivity contribution >= 4 is 5.71 Å². The SMILES string of the molecule is CC1=N[C@H](C)Cc2c(-c3ccc(C(F)(F)F)cc3)ccc(O)c21. The van der Waals surface area contributed by atoms with E-state index in [0.29, 0.717) is 17.5 Å². The molecule has 0 aromatic heterocycles. The van der Waals surface area contributed by atoms with Crippen LogP contribution in [-0.2, 0) is 12.6 Å². The van der Waals surface area contributed by atoms with Crippen LogP contribution in [0.25, 0.3) is 11.1 Å². The third kappa shape index (κ3) is 2.83. The predicted octanol–water partition coefficient (Wildman–Crippen LogP) is 4.83. The third-order valence-electron chi connectivity index (χ3n) is 4.09. The van der Waals surface area contributed by atoms with Crippen LogP contribution in [0.3, 0.4) is 0 Å². The summed E-state index contributed by atoms with van der Waals surface area (Å²) in [5.41, 5.74) is 3.26. The Kier molecular flexibility index (Phi) is 3.66. The fourth-order valence-corrected chi connectivity index (χ4v) is 3.10. The molecule has 1 heterocycles. The van der Waals surface area contributed by atoms with Gasteiger partial charge in [0.1, 0.15) is 5.75 Å². The van der Waals surface area contributed by atoms with Crippen molar-refractivity contribution in [2.24, 2.45) is 4.99 Å². The number of hydrogen-bond donors (Lipinski definition) is 1. The van der Waals surface area contributed by atoms with Gasteiger partial charge in [0.2, 0.25) is 0 Å². The van der Waals surface area contributed by atoms with Gasteiger partial charge in [0, 0.05) is 11.3 Å². The molecule has 0 fully saturated rings. The maximum atomic E-state index is 12.7. The van der Waals surface area contributed by atoms with E-state index in [9.17, 15) is 18.3 Å². The molecule has 120 valence electrons. The molecule has 0 aliphatic carbocycles. The molecule has 0 amide bonds. The van der Waals surface area contributed by atoms with Crippen molar-refractivity contribution in [1.82, 2.24) is 0 Å². The summed E-state index contributed by atoms with van der Waals surface area (Å²) in [6, 6.07) is 8.52. The molecular weight excluding hydrogens is 303 g/mol. The molecule has 1 atom stereocenters. The van der Waals surface area contributed by atoms with E-state index in [0.717, 1.165) is 29.0 Å². The van der Waals surface area contributed by atoms with Gasteiger partial charge in [-0.05, 0) is 55.2 Å². The van der Waals surface area contributed by atoms with E-state index in [1.807, 2.05) is 13.8 Å². The van der Waals surface area contributed by atoms with Crippen molar-refractivity contribution in [3.8, 4) is 16.9 Å². The van der Waals surface area contributed by atoms with Crippen molar-refractivity contribution in [3.05, 3.63) is 53.1 Å². The number of fused-ring (bicyclic) bond motifs is 1. The molecule has 1 N–H and O–H groups in total. The van der Waals surface area contributed by atoms with E-state index >= 15 is 0 Å². The molecule has 1 aliphatic rings. The second-order valence-corrected chi connectivity index (χ2v) is 5.83. The summed E-state index contributed by atoms with van der Waals surface area (Å²) in [6.45, 7) is 3.82. The summed E-state index contributed by atoms with van der Waals surface area (Å²) in [4.78, 5) is 4.47. The molecule has 3 rings (SSSR count). The van der Waals surface area contributed by atoms with E-state index in [-0.39, 0.29) is 11.8 Å². The molecule has 2 aromatic carbocycles. The second-order valence-electron chi connectivity index (χ2n) is 5.83. The van der Waals surface area contributed by atoms with Crippen LogP contribution in [0.5, 0.6) is 5.75 Å². The number of halogens is 3. The average Bonchev–Trinajstić information content (AvgIpc) is 2.46. The number of nitrogens with zero attached hydrogens (tertiary/aromatic N) is 1. The number of aromatic hydroxyl groups is 1. The fraction of sp³-hybridized carbons (Fsp3) is 0.278. The quantitative estimate of drug-likeness (QED) is 0.802. The molecule has 2 aromatic rings. The zero-order valence-corrected chi connectivity index (χ0v) is 12.8. The molecule has 1 aliphatic heterocycles. The average molecular weight is 319 g/mol. The Hall–Kier alpha value is -2.30. The minimum atomic E-state index is -4.34. The Balaban J connectivity index is 2.12. The summed E-state index contributed by atoms with van der Waals surface area (Å²) in [6.07, 6.45) is -3.69. The van der Waals surface area contributed by atoms with Crippen LogP contribution >= 0.6 is 0 Å². The van der Waals surface area contributed by atoms with Crippen molar-refractivity contribution < 1.29 is 18.3 Å². The van der Waals surface area contributed by atoms with E-state index in [1.54, 1.807) is 12.1 Å². The van der Waals surface area contributed by atoms with E-state index < -0.39 is 11.7 Å². The number of phenolic OH excluding ortho intramolecular Hbond substituents is 1. The van der Waals surface area contributed by atoms with Gasteiger partial charge in [-0.15, -0.1) is 0 Å². The fourth-order valence-electron chi connectivity index (χ4n) is 3.10. The maximum absolute atomic E-state index is 12.7. The van der Waals surface area contributed by atoms with Crippen molar-refractivity contribution in [1.29, 1.82) is 0 Å². The summed E-state index contributed by atoms with van der Waals surface area (Å²) in [5, 5.41) is 10.1. The molecule has 0 unspecified atom stereocenters. The Morgan fingerprint density at radius 1 is 1.09 bits per heavy atom. The predicted molar refractivity (Wildman–Crippen MR) is 83.9 cm³/mol. The van der Waals surface area contributed by atoms with Gasteiger partial charge in [0.05, 0.1) is 11.6 Å².